The summed E-state index contributed by atoms with van der Waals surface area (Å²) in [6, 6.07) is 0. The van der Waals surface area contributed by atoms with Crippen molar-refractivity contribution in [2.75, 3.05) is 0 Å². The van der Waals surface area contributed by atoms with Crippen LogP contribution < -0.4 is 0 Å². The molecule has 0 saturated heterocycles. The molecule has 0 radical (unpaired) electrons. The summed E-state index contributed by atoms with van der Waals surface area (Å²) >= 11 is 5.05. The molecule has 2 rings (SSSR count). The van der Waals surface area contributed by atoms with Crippen LogP contribution >= 0.6 is 12.2 Å². The maximum absolute atomic E-state index is 5.05. The van der Waals surface area contributed by atoms with Gasteiger partial charge in [-0.3, -0.25) is 0 Å². The van der Waals surface area contributed by atoms with Crippen LogP contribution in [0.2, 0.25) is 0 Å². The lowest BCUT2D eigenvalue weighted by Gasteiger charge is -1.86. The molecule has 0 atom stereocenters. The number of nitrogens with one attached hydrogen (secondary N) is 2. The lowest BCUT2D eigenvalue weighted by atomic mass is 10.3. The first-order chi connectivity index (χ1) is 6.31. The summed E-state index contributed by atoms with van der Waals surface area (Å²) in [6.07, 6.45) is 3.58. The third-order valence-electron chi connectivity index (χ3n) is 1.84. The molecule has 0 aliphatic carbocycles. The Morgan fingerprint density at radius 3 is 3.08 bits per heavy atom. The van der Waals surface area contributed by atoms with Gasteiger partial charge in [-0.25, -0.2) is 9.97 Å². The molecule has 0 aromatic carbocycles. The number of aryl methyl sites for hydroxylation is 1. The fraction of sp³-hybridized carbons (Fsp3) is 0.375. The molecule has 0 saturated carbocycles. The lowest BCUT2D eigenvalue weighted by molar-refractivity contribution is 0.860. The maximum Gasteiger partial charge on any atom is 0.160 e. The topological polar surface area (TPSA) is 57.4 Å². The molecule has 13 heavy (non-hydrogen) atoms. The number of rotatable bonds is 2. The highest BCUT2D eigenvalue weighted by Gasteiger charge is 2.02. The molecule has 0 spiro atoms. The van der Waals surface area contributed by atoms with Gasteiger partial charge in [-0.15, -0.1) is 0 Å². The van der Waals surface area contributed by atoms with Crippen molar-refractivity contribution >= 4 is 23.4 Å². The first kappa shape index (κ1) is 8.37. The van der Waals surface area contributed by atoms with Crippen molar-refractivity contribution in [3.63, 3.8) is 0 Å². The van der Waals surface area contributed by atoms with E-state index in [1.54, 1.807) is 6.33 Å². The second-order valence-corrected chi connectivity index (χ2v) is 3.25. The van der Waals surface area contributed by atoms with Crippen molar-refractivity contribution < 1.29 is 0 Å². The molecule has 0 bridgehead atoms. The van der Waals surface area contributed by atoms with Gasteiger partial charge in [0.15, 0.2) is 10.3 Å². The van der Waals surface area contributed by atoms with Crippen molar-refractivity contribution in [3.05, 3.63) is 16.8 Å². The number of imidazole rings is 1. The average Bonchev–Trinajstić information content (AvgIpc) is 2.49. The fourth-order valence-corrected chi connectivity index (χ4v) is 1.45. The normalized spacial score (nSPS) is 10.8. The second-order valence-electron chi connectivity index (χ2n) is 2.86. The molecule has 0 amide bonds. The Balaban J connectivity index is 2.62. The predicted octanol–water partition coefficient (Wildman–Crippen LogP) is 1.97. The lowest BCUT2D eigenvalue weighted by Crippen LogP contribution is -1.84. The summed E-state index contributed by atoms with van der Waals surface area (Å²) in [5, 5.41) is 0. The summed E-state index contributed by atoms with van der Waals surface area (Å²) in [4.78, 5) is 14.4. The van der Waals surface area contributed by atoms with E-state index in [2.05, 4.69) is 26.9 Å². The summed E-state index contributed by atoms with van der Waals surface area (Å²) in [6.45, 7) is 2.11. The number of H-pyrrole nitrogens is 2. The van der Waals surface area contributed by atoms with Gasteiger partial charge in [-0.2, -0.15) is 0 Å². The van der Waals surface area contributed by atoms with Crippen LogP contribution in [0.3, 0.4) is 0 Å². The largest absolute Gasteiger partial charge is 0.338 e. The van der Waals surface area contributed by atoms with Gasteiger partial charge in [0.05, 0.1) is 6.33 Å². The van der Waals surface area contributed by atoms with Crippen LogP contribution in [0, 0.1) is 4.64 Å². The van der Waals surface area contributed by atoms with Crippen molar-refractivity contribution in [2.24, 2.45) is 0 Å². The highest BCUT2D eigenvalue weighted by molar-refractivity contribution is 7.71. The molecule has 2 aromatic heterocycles. The summed E-state index contributed by atoms with van der Waals surface area (Å²) in [7, 11) is 0. The van der Waals surface area contributed by atoms with E-state index in [-0.39, 0.29) is 0 Å². The minimum Gasteiger partial charge on any atom is -0.338 e. The van der Waals surface area contributed by atoms with Gasteiger partial charge < -0.3 is 9.97 Å². The van der Waals surface area contributed by atoms with Gasteiger partial charge in [-0.1, -0.05) is 19.1 Å². The van der Waals surface area contributed by atoms with Gasteiger partial charge in [-0.05, 0) is 6.42 Å². The van der Waals surface area contributed by atoms with E-state index in [1.807, 2.05) is 0 Å². The van der Waals surface area contributed by atoms with E-state index < -0.39 is 0 Å². The second kappa shape index (κ2) is 3.26. The summed E-state index contributed by atoms with van der Waals surface area (Å²) < 4.78 is 0.573. The van der Waals surface area contributed by atoms with E-state index in [9.17, 15) is 0 Å². The third kappa shape index (κ3) is 1.47. The van der Waals surface area contributed by atoms with Crippen LogP contribution in [0.5, 0.6) is 0 Å². The minimum absolute atomic E-state index is 0.573. The van der Waals surface area contributed by atoms with Gasteiger partial charge in [0.25, 0.3) is 0 Å². The Morgan fingerprint density at radius 1 is 1.54 bits per heavy atom. The summed E-state index contributed by atoms with van der Waals surface area (Å²) in [5.41, 5.74) is 1.63. The molecule has 0 aliphatic heterocycles. The minimum atomic E-state index is 0.573. The van der Waals surface area contributed by atoms with Crippen molar-refractivity contribution in [2.45, 2.75) is 19.8 Å². The monoisotopic (exact) mass is 194 g/mol. The number of hydrogen-bond acceptors (Lipinski definition) is 3. The molecule has 0 unspecified atom stereocenters. The predicted molar refractivity (Wildman–Crippen MR) is 53.1 cm³/mol. The van der Waals surface area contributed by atoms with Crippen molar-refractivity contribution in [3.8, 4) is 0 Å². The Hall–Kier alpha value is -1.23. The van der Waals surface area contributed by atoms with Crippen LogP contribution in [0.25, 0.3) is 11.2 Å². The number of nitrogens with zero attached hydrogens (tertiary/aromatic N) is 2. The summed E-state index contributed by atoms with van der Waals surface area (Å²) in [5.74, 6) is 0.966. The zero-order valence-corrected chi connectivity index (χ0v) is 8.11. The molecule has 4 nitrogen and oxygen atoms in total. The van der Waals surface area contributed by atoms with E-state index in [1.165, 1.54) is 0 Å². The SMILES string of the molecule is CCCc1nc2[nH]cnc(=S)c2[nH]1. The molecular weight excluding hydrogens is 184 g/mol. The smallest absolute Gasteiger partial charge is 0.160 e. The van der Waals surface area contributed by atoms with Crippen molar-refractivity contribution in [1.82, 2.24) is 19.9 Å². The zero-order chi connectivity index (χ0) is 9.26. The number of aromatic amines is 2. The van der Waals surface area contributed by atoms with Crippen LogP contribution in [-0.2, 0) is 6.42 Å². The van der Waals surface area contributed by atoms with Gasteiger partial charge >= 0.3 is 0 Å². The Kier molecular flexibility index (Phi) is 2.10. The zero-order valence-electron chi connectivity index (χ0n) is 7.29. The van der Waals surface area contributed by atoms with Crippen LogP contribution in [0.4, 0.5) is 0 Å². The molecule has 0 aliphatic rings. The molecule has 2 heterocycles. The van der Waals surface area contributed by atoms with Crippen LogP contribution in [-0.4, -0.2) is 19.9 Å². The number of aromatic nitrogens is 4. The molecule has 2 aromatic rings. The van der Waals surface area contributed by atoms with E-state index in [0.717, 1.165) is 29.8 Å². The van der Waals surface area contributed by atoms with Crippen LogP contribution in [0.1, 0.15) is 19.2 Å². The molecule has 5 heteroatoms. The molecule has 0 fully saturated rings. The Morgan fingerprint density at radius 2 is 2.38 bits per heavy atom. The Labute approximate surface area is 80.4 Å². The van der Waals surface area contributed by atoms with Gasteiger partial charge in [0, 0.05) is 6.42 Å². The quantitative estimate of drug-likeness (QED) is 0.718. The number of fused-ring (bicyclic) bond motifs is 1. The Bertz CT molecular complexity index is 470. The van der Waals surface area contributed by atoms with Crippen molar-refractivity contribution in [1.29, 1.82) is 0 Å². The van der Waals surface area contributed by atoms with Gasteiger partial charge in [0.1, 0.15) is 11.3 Å². The molecule has 2 N–H and O–H groups in total. The van der Waals surface area contributed by atoms with Gasteiger partial charge in [0.2, 0.25) is 0 Å². The molecule has 68 valence electrons. The average molecular weight is 194 g/mol. The van der Waals surface area contributed by atoms with Crippen LogP contribution in [0.15, 0.2) is 6.33 Å². The first-order valence-corrected chi connectivity index (χ1v) is 4.64. The van der Waals surface area contributed by atoms with E-state index >= 15 is 0 Å². The van der Waals surface area contributed by atoms with E-state index in [0.29, 0.717) is 4.64 Å². The standard InChI is InChI=1S/C8H10N4S/c1-2-3-5-11-6-7(12-5)9-4-10-8(6)13/h4H,2-3H2,1H3,(H2,9,10,11,12,13). The third-order valence-corrected chi connectivity index (χ3v) is 2.15. The fourth-order valence-electron chi connectivity index (χ4n) is 1.25. The van der Waals surface area contributed by atoms with E-state index in [4.69, 9.17) is 12.2 Å². The molecular formula is C8H10N4S. The highest BCUT2D eigenvalue weighted by Crippen LogP contribution is 2.08. The number of hydrogen-bond donors (Lipinski definition) is 2. The maximum atomic E-state index is 5.05. The first-order valence-electron chi connectivity index (χ1n) is 4.23. The highest BCUT2D eigenvalue weighted by atomic mass is 32.1.